The minimum Gasteiger partial charge on any atom is -0.466 e. The normalized spacial score (nSPS) is 14.9. The number of benzene rings is 1. The van der Waals surface area contributed by atoms with Gasteiger partial charge in [0.15, 0.2) is 0 Å². The lowest BCUT2D eigenvalue weighted by Gasteiger charge is -2.22. The number of hydrogen-bond donors (Lipinski definition) is 3. The fourth-order valence-corrected chi connectivity index (χ4v) is 2.11. The zero-order valence-corrected chi connectivity index (χ0v) is 13.1. The lowest BCUT2D eigenvalue weighted by atomic mass is 10.0. The smallest absolute Gasteiger partial charge is 0.315 e. The Labute approximate surface area is 130 Å². The molecule has 2 rings (SSSR count). The average molecular weight is 302 g/mol. The van der Waals surface area contributed by atoms with Crippen molar-refractivity contribution in [1.82, 2.24) is 10.6 Å². The summed E-state index contributed by atoms with van der Waals surface area (Å²) in [6, 6.07) is 10.9. The lowest BCUT2D eigenvalue weighted by Crippen LogP contribution is -2.44. The summed E-state index contributed by atoms with van der Waals surface area (Å²) in [5.74, 6) is 0.416. The summed E-state index contributed by atoms with van der Waals surface area (Å²) in [6.07, 6.45) is 1.49. The highest BCUT2D eigenvalue weighted by molar-refractivity contribution is 5.74. The molecule has 0 radical (unpaired) electrons. The fourth-order valence-electron chi connectivity index (χ4n) is 2.11. The maximum absolute atomic E-state index is 11.9. The van der Waals surface area contributed by atoms with Gasteiger partial charge in [-0.25, -0.2) is 4.79 Å². The van der Waals surface area contributed by atoms with Gasteiger partial charge in [0.2, 0.25) is 0 Å². The molecule has 0 spiro atoms. The molecule has 2 amide bonds. The second-order valence-electron chi connectivity index (χ2n) is 5.71. The number of furan rings is 1. The van der Waals surface area contributed by atoms with Crippen LogP contribution in [0.25, 0.3) is 0 Å². The molecule has 5 heteroatoms. The van der Waals surface area contributed by atoms with Crippen LogP contribution in [0.3, 0.4) is 0 Å². The highest BCUT2D eigenvalue weighted by atomic mass is 16.4. The van der Waals surface area contributed by atoms with E-state index in [1.165, 1.54) is 11.8 Å². The molecule has 0 saturated carbocycles. The summed E-state index contributed by atoms with van der Waals surface area (Å²) in [4.78, 5) is 11.9. The summed E-state index contributed by atoms with van der Waals surface area (Å²) in [6.45, 7) is 5.59. The predicted octanol–water partition coefficient (Wildman–Crippen LogP) is 2.86. The van der Waals surface area contributed by atoms with Crippen LogP contribution in [0.1, 0.15) is 36.8 Å². The number of rotatable bonds is 5. The van der Waals surface area contributed by atoms with Crippen LogP contribution >= 0.6 is 0 Å². The number of hydrogen-bond acceptors (Lipinski definition) is 3. The van der Waals surface area contributed by atoms with Crippen LogP contribution in [0.2, 0.25) is 0 Å². The summed E-state index contributed by atoms with van der Waals surface area (Å²) < 4.78 is 5.17. The van der Waals surface area contributed by atoms with Crippen LogP contribution in [0, 0.1) is 6.92 Å². The second kappa shape index (κ2) is 6.66. The molecule has 2 aromatic rings. The van der Waals surface area contributed by atoms with Gasteiger partial charge in [-0.3, -0.25) is 0 Å². The highest BCUT2D eigenvalue weighted by Gasteiger charge is 2.26. The van der Waals surface area contributed by atoms with Gasteiger partial charge in [0, 0.05) is 0 Å². The lowest BCUT2D eigenvalue weighted by molar-refractivity contribution is 0.0366. The maximum Gasteiger partial charge on any atom is 0.315 e. The van der Waals surface area contributed by atoms with Crippen LogP contribution in [0.5, 0.6) is 0 Å². The van der Waals surface area contributed by atoms with Crippen molar-refractivity contribution in [2.45, 2.75) is 32.4 Å². The molecule has 3 N–H and O–H groups in total. The van der Waals surface area contributed by atoms with E-state index in [2.05, 4.69) is 10.6 Å². The van der Waals surface area contributed by atoms with Crippen molar-refractivity contribution < 1.29 is 14.3 Å². The first kappa shape index (κ1) is 16.1. The molecular weight excluding hydrogens is 280 g/mol. The van der Waals surface area contributed by atoms with Gasteiger partial charge in [-0.1, -0.05) is 29.8 Å². The number of carbonyl (C=O) groups excluding carboxylic acids is 1. The van der Waals surface area contributed by atoms with Crippen molar-refractivity contribution in [3.63, 3.8) is 0 Å². The van der Waals surface area contributed by atoms with Gasteiger partial charge in [0.05, 0.1) is 18.8 Å². The van der Waals surface area contributed by atoms with Gasteiger partial charge in [0.25, 0.3) is 0 Å². The van der Waals surface area contributed by atoms with E-state index in [0.29, 0.717) is 5.76 Å². The maximum atomic E-state index is 11.9. The molecule has 0 saturated heterocycles. The Balaban J connectivity index is 1.86. The highest BCUT2D eigenvalue weighted by Crippen LogP contribution is 2.19. The monoisotopic (exact) mass is 302 g/mol. The number of urea groups is 1. The van der Waals surface area contributed by atoms with Gasteiger partial charge in [-0.2, -0.15) is 0 Å². The SMILES string of the molecule is Cc1ccc(C(C)NC(=O)NCC(C)(O)c2ccco2)cc1. The Morgan fingerprint density at radius 1 is 1.32 bits per heavy atom. The Hall–Kier alpha value is -2.27. The number of carbonyl (C=O) groups is 1. The summed E-state index contributed by atoms with van der Waals surface area (Å²) in [5, 5.41) is 15.8. The van der Waals surface area contributed by atoms with E-state index in [-0.39, 0.29) is 18.6 Å². The second-order valence-corrected chi connectivity index (χ2v) is 5.71. The van der Waals surface area contributed by atoms with E-state index in [1.807, 2.05) is 38.1 Å². The Bertz CT molecular complexity index is 603. The molecule has 0 aliphatic carbocycles. The predicted molar refractivity (Wildman–Crippen MR) is 84.4 cm³/mol. The van der Waals surface area contributed by atoms with E-state index >= 15 is 0 Å². The first-order valence-electron chi connectivity index (χ1n) is 7.26. The van der Waals surface area contributed by atoms with Gasteiger partial charge < -0.3 is 20.2 Å². The van der Waals surface area contributed by atoms with Crippen molar-refractivity contribution in [2.75, 3.05) is 6.54 Å². The molecule has 1 heterocycles. The van der Waals surface area contributed by atoms with E-state index in [4.69, 9.17) is 4.42 Å². The Morgan fingerprint density at radius 2 is 2.00 bits per heavy atom. The van der Waals surface area contributed by atoms with Crippen molar-refractivity contribution in [1.29, 1.82) is 0 Å². The molecule has 0 aliphatic rings. The third-order valence-electron chi connectivity index (χ3n) is 3.57. The van der Waals surface area contributed by atoms with Crippen LogP contribution < -0.4 is 10.6 Å². The number of aliphatic hydroxyl groups is 1. The minimum absolute atomic E-state index is 0.0625. The molecule has 5 nitrogen and oxygen atoms in total. The molecule has 0 bridgehead atoms. The zero-order chi connectivity index (χ0) is 16.2. The third kappa shape index (κ3) is 4.11. The molecule has 1 aromatic heterocycles. The molecule has 2 atom stereocenters. The Kier molecular flexibility index (Phi) is 4.88. The topological polar surface area (TPSA) is 74.5 Å². The first-order chi connectivity index (χ1) is 10.4. The van der Waals surface area contributed by atoms with Crippen molar-refractivity contribution in [3.8, 4) is 0 Å². The van der Waals surface area contributed by atoms with Crippen molar-refractivity contribution in [3.05, 3.63) is 59.5 Å². The molecule has 118 valence electrons. The number of aryl methyl sites for hydroxylation is 1. The van der Waals surface area contributed by atoms with Gasteiger partial charge in [0.1, 0.15) is 11.4 Å². The van der Waals surface area contributed by atoms with Crippen LogP contribution in [-0.4, -0.2) is 17.7 Å². The third-order valence-corrected chi connectivity index (χ3v) is 3.57. The molecule has 1 aromatic carbocycles. The molecule has 22 heavy (non-hydrogen) atoms. The minimum atomic E-state index is -1.24. The number of nitrogens with one attached hydrogen (secondary N) is 2. The van der Waals surface area contributed by atoms with Crippen molar-refractivity contribution >= 4 is 6.03 Å². The van der Waals surface area contributed by atoms with E-state index < -0.39 is 5.60 Å². The number of amides is 2. The molecular formula is C17H22N2O3. The van der Waals surface area contributed by atoms with Crippen molar-refractivity contribution in [2.24, 2.45) is 0 Å². The van der Waals surface area contributed by atoms with Crippen LogP contribution in [0.15, 0.2) is 47.1 Å². The van der Waals surface area contributed by atoms with Gasteiger partial charge in [-0.15, -0.1) is 0 Å². The van der Waals surface area contributed by atoms with Crippen LogP contribution in [-0.2, 0) is 5.60 Å². The fraction of sp³-hybridized carbons (Fsp3) is 0.353. The molecule has 2 unspecified atom stereocenters. The van der Waals surface area contributed by atoms with E-state index in [0.717, 1.165) is 5.56 Å². The van der Waals surface area contributed by atoms with Gasteiger partial charge in [-0.05, 0) is 38.5 Å². The summed E-state index contributed by atoms with van der Waals surface area (Å²) >= 11 is 0. The van der Waals surface area contributed by atoms with E-state index in [1.54, 1.807) is 19.1 Å². The first-order valence-corrected chi connectivity index (χ1v) is 7.26. The van der Waals surface area contributed by atoms with E-state index in [9.17, 15) is 9.90 Å². The van der Waals surface area contributed by atoms with Gasteiger partial charge >= 0.3 is 6.03 Å². The Morgan fingerprint density at radius 3 is 2.59 bits per heavy atom. The zero-order valence-electron chi connectivity index (χ0n) is 13.1. The molecule has 0 aliphatic heterocycles. The quantitative estimate of drug-likeness (QED) is 0.795. The summed E-state index contributed by atoms with van der Waals surface area (Å²) in [5.41, 5.74) is 0.960. The van der Waals surface area contributed by atoms with Crippen LogP contribution in [0.4, 0.5) is 4.79 Å². The standard InChI is InChI=1S/C17H22N2O3/c1-12-6-8-14(9-7-12)13(2)19-16(20)18-11-17(3,21)15-5-4-10-22-15/h4-10,13,21H,11H2,1-3H3,(H2,18,19,20). The summed E-state index contributed by atoms with van der Waals surface area (Å²) in [7, 11) is 0. The average Bonchev–Trinajstić information content (AvgIpc) is 3.01. The molecule has 0 fully saturated rings. The largest absolute Gasteiger partial charge is 0.466 e.